The van der Waals surface area contributed by atoms with Gasteiger partial charge in [-0.25, -0.2) is 0 Å². The zero-order valence-corrected chi connectivity index (χ0v) is 19.1. The largest absolute Gasteiger partial charge is 0.362 e. The van der Waals surface area contributed by atoms with E-state index in [1.807, 2.05) is 56.3 Å². The lowest BCUT2D eigenvalue weighted by molar-refractivity contribution is -0.118. The Morgan fingerprint density at radius 3 is 2.55 bits per heavy atom. The summed E-state index contributed by atoms with van der Waals surface area (Å²) in [5.74, 6) is -0.589. The third kappa shape index (κ3) is 4.17. The molecule has 0 fully saturated rings. The number of carbonyl (C=O) groups excluding carboxylic acids is 2. The first-order valence-electron chi connectivity index (χ1n) is 10.5. The van der Waals surface area contributed by atoms with Crippen LogP contribution in [0.15, 0.2) is 71.1 Å². The van der Waals surface area contributed by atoms with Gasteiger partial charge in [0.2, 0.25) is 0 Å². The summed E-state index contributed by atoms with van der Waals surface area (Å²) in [5, 5.41) is 7.02. The van der Waals surface area contributed by atoms with Crippen LogP contribution in [0.1, 0.15) is 50.7 Å². The SMILES string of the molecule is CC1=C(C(=O)Nc2ccccc2C)[C@@H](c2cccc(Cl)c2)C2=C(CC(C)(C)CC2=O)N1. The van der Waals surface area contributed by atoms with E-state index in [9.17, 15) is 9.59 Å². The fourth-order valence-electron chi connectivity index (χ4n) is 4.66. The highest BCUT2D eigenvalue weighted by Crippen LogP contribution is 2.47. The molecule has 2 aromatic carbocycles. The topological polar surface area (TPSA) is 58.2 Å². The van der Waals surface area contributed by atoms with Crippen LogP contribution >= 0.6 is 11.6 Å². The van der Waals surface area contributed by atoms with Crippen molar-refractivity contribution in [2.24, 2.45) is 5.41 Å². The number of Topliss-reactive ketones (excluding diaryl/α,β-unsaturated/α-hetero) is 1. The summed E-state index contributed by atoms with van der Waals surface area (Å²) < 4.78 is 0. The third-order valence-electron chi connectivity index (χ3n) is 6.06. The highest BCUT2D eigenvalue weighted by Gasteiger charge is 2.42. The minimum Gasteiger partial charge on any atom is -0.362 e. The summed E-state index contributed by atoms with van der Waals surface area (Å²) in [5.41, 5.74) is 5.38. The molecule has 0 unspecified atom stereocenters. The minimum atomic E-state index is -0.456. The molecule has 1 amide bonds. The minimum absolute atomic E-state index is 0.0809. The van der Waals surface area contributed by atoms with Crippen LogP contribution in [0.2, 0.25) is 5.02 Å². The van der Waals surface area contributed by atoms with Crippen molar-refractivity contribution < 1.29 is 9.59 Å². The van der Waals surface area contributed by atoms with Gasteiger partial charge < -0.3 is 10.6 Å². The molecule has 1 aliphatic carbocycles. The number of nitrogens with one attached hydrogen (secondary N) is 2. The van der Waals surface area contributed by atoms with E-state index in [2.05, 4.69) is 24.5 Å². The quantitative estimate of drug-likeness (QED) is 0.633. The van der Waals surface area contributed by atoms with E-state index < -0.39 is 5.92 Å². The molecule has 0 saturated carbocycles. The van der Waals surface area contributed by atoms with Crippen molar-refractivity contribution in [2.75, 3.05) is 5.32 Å². The standard InChI is InChI=1S/C26H27ClN2O2/c1-15-8-5-6-11-19(15)29-25(31)22-16(2)28-20-13-26(3,4)14-21(30)24(20)23(22)17-9-7-10-18(27)12-17/h5-12,23,28H,13-14H2,1-4H3,(H,29,31)/t23-/m1/s1. The number of halogens is 1. The lowest BCUT2D eigenvalue weighted by atomic mass is 9.68. The molecule has 4 rings (SSSR count). The van der Waals surface area contributed by atoms with E-state index in [1.165, 1.54) is 0 Å². The molecule has 5 heteroatoms. The van der Waals surface area contributed by atoms with Gasteiger partial charge >= 0.3 is 0 Å². The molecule has 0 radical (unpaired) electrons. The van der Waals surface area contributed by atoms with Gasteiger partial charge in [0.15, 0.2) is 5.78 Å². The number of benzene rings is 2. The van der Waals surface area contributed by atoms with E-state index in [-0.39, 0.29) is 17.1 Å². The first kappa shape index (κ1) is 21.4. The molecular weight excluding hydrogens is 408 g/mol. The molecule has 0 saturated heterocycles. The molecule has 160 valence electrons. The fraction of sp³-hybridized carbons (Fsp3) is 0.308. The molecule has 0 aromatic heterocycles. The van der Waals surface area contributed by atoms with Crippen molar-refractivity contribution in [3.8, 4) is 0 Å². The van der Waals surface area contributed by atoms with Crippen molar-refractivity contribution in [1.29, 1.82) is 0 Å². The van der Waals surface area contributed by atoms with Gasteiger partial charge in [0.05, 0.1) is 0 Å². The van der Waals surface area contributed by atoms with Gasteiger partial charge in [0.1, 0.15) is 0 Å². The number of amides is 1. The van der Waals surface area contributed by atoms with Gasteiger partial charge in [-0.05, 0) is 55.0 Å². The zero-order valence-electron chi connectivity index (χ0n) is 18.3. The van der Waals surface area contributed by atoms with Crippen molar-refractivity contribution in [2.45, 2.75) is 46.5 Å². The number of para-hydroxylation sites is 1. The zero-order chi connectivity index (χ0) is 22.3. The Morgan fingerprint density at radius 1 is 1.10 bits per heavy atom. The van der Waals surface area contributed by atoms with E-state index in [0.29, 0.717) is 22.6 Å². The van der Waals surface area contributed by atoms with E-state index in [4.69, 9.17) is 11.6 Å². The van der Waals surface area contributed by atoms with Crippen LogP contribution in [-0.2, 0) is 9.59 Å². The fourth-order valence-corrected chi connectivity index (χ4v) is 4.86. The highest BCUT2D eigenvalue weighted by molar-refractivity contribution is 6.30. The van der Waals surface area contributed by atoms with Crippen molar-refractivity contribution in [1.82, 2.24) is 5.32 Å². The van der Waals surface area contributed by atoms with Crippen LogP contribution < -0.4 is 10.6 Å². The van der Waals surface area contributed by atoms with Crippen molar-refractivity contribution in [3.63, 3.8) is 0 Å². The first-order chi connectivity index (χ1) is 14.7. The average molecular weight is 435 g/mol. The van der Waals surface area contributed by atoms with Crippen LogP contribution in [0.4, 0.5) is 5.69 Å². The second-order valence-corrected chi connectivity index (χ2v) is 9.69. The predicted molar refractivity (Wildman–Crippen MR) is 125 cm³/mol. The Bertz CT molecular complexity index is 1140. The number of dihydropyridines is 1. The van der Waals surface area contributed by atoms with Crippen LogP contribution in [0.25, 0.3) is 0 Å². The number of allylic oxidation sites excluding steroid dienone is 3. The summed E-state index contributed by atoms with van der Waals surface area (Å²) in [6.07, 6.45) is 1.21. The summed E-state index contributed by atoms with van der Waals surface area (Å²) in [6, 6.07) is 15.1. The lowest BCUT2D eigenvalue weighted by Crippen LogP contribution is -2.39. The van der Waals surface area contributed by atoms with Crippen LogP contribution in [-0.4, -0.2) is 11.7 Å². The Hall–Kier alpha value is -2.85. The number of anilines is 1. The number of aryl methyl sites for hydroxylation is 1. The van der Waals surface area contributed by atoms with Gasteiger partial charge in [0, 0.05) is 45.6 Å². The maximum Gasteiger partial charge on any atom is 0.254 e. The Morgan fingerprint density at radius 2 is 1.84 bits per heavy atom. The molecular formula is C26H27ClN2O2. The second-order valence-electron chi connectivity index (χ2n) is 9.25. The number of carbonyl (C=O) groups is 2. The molecule has 1 heterocycles. The van der Waals surface area contributed by atoms with Gasteiger partial charge in [0.25, 0.3) is 5.91 Å². The third-order valence-corrected chi connectivity index (χ3v) is 6.29. The van der Waals surface area contributed by atoms with Crippen molar-refractivity contribution >= 4 is 29.0 Å². The van der Waals surface area contributed by atoms with Gasteiger partial charge in [-0.2, -0.15) is 0 Å². The van der Waals surface area contributed by atoms with Crippen LogP contribution in [0.3, 0.4) is 0 Å². The molecule has 4 nitrogen and oxygen atoms in total. The maximum absolute atomic E-state index is 13.5. The smallest absolute Gasteiger partial charge is 0.254 e. The predicted octanol–water partition coefficient (Wildman–Crippen LogP) is 5.89. The van der Waals surface area contributed by atoms with E-state index in [1.54, 1.807) is 6.07 Å². The summed E-state index contributed by atoms with van der Waals surface area (Å²) in [7, 11) is 0. The molecule has 1 atom stereocenters. The summed E-state index contributed by atoms with van der Waals surface area (Å²) in [6.45, 7) is 8.06. The summed E-state index contributed by atoms with van der Waals surface area (Å²) in [4.78, 5) is 26.8. The number of rotatable bonds is 3. The van der Waals surface area contributed by atoms with Crippen LogP contribution in [0, 0.1) is 12.3 Å². The highest BCUT2D eigenvalue weighted by atomic mass is 35.5. The first-order valence-corrected chi connectivity index (χ1v) is 10.9. The van der Waals surface area contributed by atoms with Gasteiger partial charge in [-0.3, -0.25) is 9.59 Å². The molecule has 0 spiro atoms. The van der Waals surface area contributed by atoms with Gasteiger partial charge in [-0.1, -0.05) is 55.8 Å². The monoisotopic (exact) mass is 434 g/mol. The Balaban J connectivity index is 1.83. The lowest BCUT2D eigenvalue weighted by Gasteiger charge is -2.39. The molecule has 2 N–H and O–H groups in total. The normalized spacial score (nSPS) is 20.3. The van der Waals surface area contributed by atoms with Crippen LogP contribution in [0.5, 0.6) is 0 Å². The summed E-state index contributed by atoms with van der Waals surface area (Å²) >= 11 is 6.30. The maximum atomic E-state index is 13.5. The van der Waals surface area contributed by atoms with Crippen molar-refractivity contribution in [3.05, 3.63) is 87.2 Å². The number of ketones is 1. The van der Waals surface area contributed by atoms with E-state index in [0.717, 1.165) is 34.6 Å². The molecule has 0 bridgehead atoms. The average Bonchev–Trinajstić information content (AvgIpc) is 2.67. The van der Waals surface area contributed by atoms with Gasteiger partial charge in [-0.15, -0.1) is 0 Å². The number of hydrogen-bond donors (Lipinski definition) is 2. The molecule has 2 aliphatic rings. The number of hydrogen-bond acceptors (Lipinski definition) is 3. The van der Waals surface area contributed by atoms with E-state index >= 15 is 0 Å². The molecule has 31 heavy (non-hydrogen) atoms. The molecule has 1 aliphatic heterocycles. The second kappa shape index (κ2) is 8.01. The molecule has 2 aromatic rings. The Kier molecular flexibility index (Phi) is 5.52. The Labute approximate surface area is 188 Å².